The lowest BCUT2D eigenvalue weighted by Gasteiger charge is -2.19. The standard InChI is InChI=1S/C19H31N7O4/c1-5-29-13(27)11-26-12-23-14-15(20)24-17(25-16(14)26)21-9-7-6-8-10-22-18(28)30-19(2,3)4/h12H,5-11H2,1-4H3,(H,22,28)(H3,20,21,24,25). The fourth-order valence-electron chi connectivity index (χ4n) is 2.64. The van der Waals surface area contributed by atoms with Crippen LogP contribution in [0.2, 0.25) is 0 Å². The van der Waals surface area contributed by atoms with Crippen molar-refractivity contribution in [2.45, 2.75) is 59.1 Å². The normalized spacial score (nSPS) is 11.3. The zero-order valence-electron chi connectivity index (χ0n) is 18.0. The van der Waals surface area contributed by atoms with Crippen molar-refractivity contribution in [3.05, 3.63) is 6.33 Å². The summed E-state index contributed by atoms with van der Waals surface area (Å²) < 4.78 is 11.7. The predicted octanol–water partition coefficient (Wildman–Crippen LogP) is 2.08. The van der Waals surface area contributed by atoms with Gasteiger partial charge in [-0.3, -0.25) is 4.79 Å². The fourth-order valence-corrected chi connectivity index (χ4v) is 2.64. The summed E-state index contributed by atoms with van der Waals surface area (Å²) in [7, 11) is 0. The van der Waals surface area contributed by atoms with Crippen molar-refractivity contribution in [3.8, 4) is 0 Å². The summed E-state index contributed by atoms with van der Waals surface area (Å²) >= 11 is 0. The molecule has 0 bridgehead atoms. The van der Waals surface area contributed by atoms with Gasteiger partial charge in [-0.05, 0) is 47.0 Å². The maximum atomic E-state index is 11.7. The van der Waals surface area contributed by atoms with Crippen LogP contribution in [-0.4, -0.2) is 56.9 Å². The van der Waals surface area contributed by atoms with Crippen LogP contribution in [0.4, 0.5) is 16.6 Å². The van der Waals surface area contributed by atoms with Gasteiger partial charge in [0.15, 0.2) is 11.5 Å². The number of imidazole rings is 1. The Morgan fingerprint density at radius 1 is 1.17 bits per heavy atom. The molecule has 4 N–H and O–H groups in total. The molecule has 2 aromatic rings. The highest BCUT2D eigenvalue weighted by Crippen LogP contribution is 2.18. The number of nitrogens with zero attached hydrogens (tertiary/aromatic N) is 4. The van der Waals surface area contributed by atoms with E-state index in [0.29, 0.717) is 36.8 Å². The topological polar surface area (TPSA) is 146 Å². The quantitative estimate of drug-likeness (QED) is 0.387. The van der Waals surface area contributed by atoms with E-state index in [1.165, 1.54) is 6.33 Å². The number of carbonyl (C=O) groups excluding carboxylic acids is 2. The van der Waals surface area contributed by atoms with Gasteiger partial charge in [-0.15, -0.1) is 0 Å². The van der Waals surface area contributed by atoms with Crippen LogP contribution in [0.5, 0.6) is 0 Å². The summed E-state index contributed by atoms with van der Waals surface area (Å²) in [6.07, 6.45) is 3.68. The molecule has 1 amide bonds. The van der Waals surface area contributed by atoms with Crippen molar-refractivity contribution in [1.82, 2.24) is 24.8 Å². The Balaban J connectivity index is 1.78. The Hall–Kier alpha value is -3.11. The Bertz CT molecular complexity index is 860. The molecule has 30 heavy (non-hydrogen) atoms. The van der Waals surface area contributed by atoms with E-state index in [1.807, 2.05) is 20.8 Å². The van der Waals surface area contributed by atoms with Crippen LogP contribution in [0.25, 0.3) is 11.2 Å². The van der Waals surface area contributed by atoms with Gasteiger partial charge in [0.2, 0.25) is 5.95 Å². The third kappa shape index (κ3) is 7.37. The minimum atomic E-state index is -0.497. The van der Waals surface area contributed by atoms with E-state index in [0.717, 1.165) is 19.3 Å². The Morgan fingerprint density at radius 2 is 1.90 bits per heavy atom. The molecule has 11 heteroatoms. The molecule has 0 aliphatic heterocycles. The van der Waals surface area contributed by atoms with E-state index in [-0.39, 0.29) is 18.3 Å². The molecule has 0 saturated carbocycles. The molecule has 0 unspecified atom stereocenters. The smallest absolute Gasteiger partial charge is 0.407 e. The van der Waals surface area contributed by atoms with Gasteiger partial charge in [0.1, 0.15) is 17.7 Å². The summed E-state index contributed by atoms with van der Waals surface area (Å²) in [6.45, 7) is 8.74. The van der Waals surface area contributed by atoms with Gasteiger partial charge in [0, 0.05) is 13.1 Å². The van der Waals surface area contributed by atoms with Crippen LogP contribution in [0.3, 0.4) is 0 Å². The summed E-state index contributed by atoms with van der Waals surface area (Å²) in [5.74, 6) is 0.243. The summed E-state index contributed by atoms with van der Waals surface area (Å²) in [4.78, 5) is 36.1. The number of hydrogen-bond acceptors (Lipinski definition) is 9. The Morgan fingerprint density at radius 3 is 2.60 bits per heavy atom. The molecule has 0 spiro atoms. The molecule has 0 atom stereocenters. The number of carbonyl (C=O) groups is 2. The number of esters is 1. The minimum Gasteiger partial charge on any atom is -0.465 e. The van der Waals surface area contributed by atoms with E-state index in [4.69, 9.17) is 15.2 Å². The molecule has 11 nitrogen and oxygen atoms in total. The minimum absolute atomic E-state index is 0.00484. The number of nitrogens with one attached hydrogen (secondary N) is 2. The summed E-state index contributed by atoms with van der Waals surface area (Å²) in [5.41, 5.74) is 6.38. The van der Waals surface area contributed by atoms with E-state index in [2.05, 4.69) is 25.6 Å². The van der Waals surface area contributed by atoms with Crippen molar-refractivity contribution in [1.29, 1.82) is 0 Å². The van der Waals surface area contributed by atoms with Crippen molar-refractivity contribution >= 4 is 35.0 Å². The van der Waals surface area contributed by atoms with Crippen molar-refractivity contribution in [2.75, 3.05) is 30.7 Å². The first kappa shape index (κ1) is 23.2. The number of nitrogens with two attached hydrogens (primary N) is 1. The Kier molecular flexibility index (Phi) is 8.19. The molecule has 2 heterocycles. The van der Waals surface area contributed by atoms with Gasteiger partial charge in [0.05, 0.1) is 12.9 Å². The average Bonchev–Trinajstić information content (AvgIpc) is 3.03. The second-order valence-electron chi connectivity index (χ2n) is 7.70. The van der Waals surface area contributed by atoms with E-state index in [1.54, 1.807) is 11.5 Å². The number of aromatic nitrogens is 4. The lowest BCUT2D eigenvalue weighted by Crippen LogP contribution is -2.33. The molecule has 166 valence electrons. The number of anilines is 2. The number of unbranched alkanes of at least 4 members (excludes halogenated alkanes) is 2. The molecule has 2 rings (SSSR count). The maximum Gasteiger partial charge on any atom is 0.407 e. The highest BCUT2D eigenvalue weighted by atomic mass is 16.6. The largest absolute Gasteiger partial charge is 0.465 e. The first-order valence-electron chi connectivity index (χ1n) is 10.0. The van der Waals surface area contributed by atoms with E-state index < -0.39 is 11.7 Å². The van der Waals surface area contributed by atoms with Crippen LogP contribution in [0.15, 0.2) is 6.33 Å². The van der Waals surface area contributed by atoms with Crippen LogP contribution < -0.4 is 16.4 Å². The number of hydrogen-bond donors (Lipinski definition) is 3. The van der Waals surface area contributed by atoms with Crippen LogP contribution in [0.1, 0.15) is 47.0 Å². The molecule has 0 radical (unpaired) electrons. The molecule has 2 aromatic heterocycles. The third-order valence-electron chi connectivity index (χ3n) is 3.90. The van der Waals surface area contributed by atoms with Gasteiger partial charge >= 0.3 is 12.1 Å². The second-order valence-corrected chi connectivity index (χ2v) is 7.70. The van der Waals surface area contributed by atoms with Gasteiger partial charge in [-0.2, -0.15) is 9.97 Å². The first-order chi connectivity index (χ1) is 14.2. The SMILES string of the molecule is CCOC(=O)Cn1cnc2c(N)nc(NCCCCCNC(=O)OC(C)(C)C)nc21. The number of nitrogen functional groups attached to an aromatic ring is 1. The number of alkyl carbamates (subject to hydrolysis) is 1. The number of amides is 1. The van der Waals surface area contributed by atoms with Gasteiger partial charge < -0.3 is 30.4 Å². The summed E-state index contributed by atoms with van der Waals surface area (Å²) in [6, 6.07) is 0. The van der Waals surface area contributed by atoms with Crippen molar-refractivity contribution in [2.24, 2.45) is 0 Å². The lowest BCUT2D eigenvalue weighted by molar-refractivity contribution is -0.143. The summed E-state index contributed by atoms with van der Waals surface area (Å²) in [5, 5.41) is 5.87. The monoisotopic (exact) mass is 421 g/mol. The predicted molar refractivity (Wildman–Crippen MR) is 113 cm³/mol. The molecular formula is C19H31N7O4. The molecule has 0 aromatic carbocycles. The molecule has 0 fully saturated rings. The molecular weight excluding hydrogens is 390 g/mol. The molecule has 0 aliphatic rings. The lowest BCUT2D eigenvalue weighted by atomic mass is 10.2. The average molecular weight is 422 g/mol. The first-order valence-corrected chi connectivity index (χ1v) is 10.0. The van der Waals surface area contributed by atoms with E-state index in [9.17, 15) is 9.59 Å². The highest BCUT2D eigenvalue weighted by molar-refractivity contribution is 5.84. The number of fused-ring (bicyclic) bond motifs is 1. The van der Waals surface area contributed by atoms with E-state index >= 15 is 0 Å². The van der Waals surface area contributed by atoms with Crippen molar-refractivity contribution < 1.29 is 19.1 Å². The maximum absolute atomic E-state index is 11.7. The fraction of sp³-hybridized carbons (Fsp3) is 0.632. The van der Waals surface area contributed by atoms with Gasteiger partial charge in [-0.25, -0.2) is 9.78 Å². The van der Waals surface area contributed by atoms with Crippen LogP contribution in [0, 0.1) is 0 Å². The molecule has 0 saturated heterocycles. The van der Waals surface area contributed by atoms with Gasteiger partial charge in [0.25, 0.3) is 0 Å². The Labute approximate surface area is 175 Å². The highest BCUT2D eigenvalue weighted by Gasteiger charge is 2.15. The van der Waals surface area contributed by atoms with Crippen molar-refractivity contribution in [3.63, 3.8) is 0 Å². The molecule has 0 aliphatic carbocycles. The number of ether oxygens (including phenoxy) is 2. The second kappa shape index (κ2) is 10.6. The number of rotatable bonds is 10. The van der Waals surface area contributed by atoms with Crippen LogP contribution in [-0.2, 0) is 20.8 Å². The third-order valence-corrected chi connectivity index (χ3v) is 3.90. The zero-order chi connectivity index (χ0) is 22.1. The zero-order valence-corrected chi connectivity index (χ0v) is 18.0. The van der Waals surface area contributed by atoms with Crippen LogP contribution >= 0.6 is 0 Å². The van der Waals surface area contributed by atoms with Gasteiger partial charge in [-0.1, -0.05) is 0 Å².